The highest BCUT2D eigenvalue weighted by Gasteiger charge is 2.45. The summed E-state index contributed by atoms with van der Waals surface area (Å²) in [4.78, 5) is 13.2. The summed E-state index contributed by atoms with van der Waals surface area (Å²) in [6.07, 6.45) is 3.76. The third kappa shape index (κ3) is 1.08. The summed E-state index contributed by atoms with van der Waals surface area (Å²) in [6, 6.07) is 0.695. The summed E-state index contributed by atoms with van der Waals surface area (Å²) in [7, 11) is 1.70. The lowest BCUT2D eigenvalue weighted by Gasteiger charge is -2.25. The Bertz CT molecular complexity index is 181. The Hall–Kier alpha value is -0.730. The highest BCUT2D eigenvalue weighted by Crippen LogP contribution is 2.42. The molecule has 11 heavy (non-hydrogen) atoms. The topological polar surface area (TPSA) is 32.3 Å². The van der Waals surface area contributed by atoms with E-state index in [-0.39, 0.29) is 6.03 Å². The third-order valence-electron chi connectivity index (χ3n) is 2.73. The van der Waals surface area contributed by atoms with E-state index >= 15 is 0 Å². The molecule has 3 heteroatoms. The molecule has 1 saturated heterocycles. The van der Waals surface area contributed by atoms with Gasteiger partial charge in [0.25, 0.3) is 0 Å². The van der Waals surface area contributed by atoms with E-state index < -0.39 is 0 Å². The average molecular weight is 154 g/mol. The van der Waals surface area contributed by atoms with Crippen LogP contribution in [0, 0.1) is 5.92 Å². The maximum absolute atomic E-state index is 11.2. The van der Waals surface area contributed by atoms with E-state index in [9.17, 15) is 4.79 Å². The number of nitrogens with zero attached hydrogens (tertiary/aromatic N) is 1. The molecule has 0 aromatic heterocycles. The molecule has 0 bridgehead atoms. The molecule has 1 aliphatic carbocycles. The van der Waals surface area contributed by atoms with Crippen molar-refractivity contribution < 1.29 is 4.79 Å². The average Bonchev–Trinajstić information content (AvgIpc) is 2.80. The number of hydrogen-bond donors (Lipinski definition) is 1. The number of hydrogen-bond acceptors (Lipinski definition) is 1. The van der Waals surface area contributed by atoms with Gasteiger partial charge in [0.1, 0.15) is 0 Å². The van der Waals surface area contributed by atoms with Gasteiger partial charge in [-0.2, -0.15) is 0 Å². The van der Waals surface area contributed by atoms with E-state index in [0.29, 0.717) is 6.04 Å². The second kappa shape index (κ2) is 2.40. The Morgan fingerprint density at radius 3 is 3.18 bits per heavy atom. The first kappa shape index (κ1) is 6.95. The number of urea groups is 1. The summed E-state index contributed by atoms with van der Waals surface area (Å²) in [5, 5.41) is 2.68. The summed E-state index contributed by atoms with van der Waals surface area (Å²) >= 11 is 0. The van der Waals surface area contributed by atoms with Crippen molar-refractivity contribution in [1.29, 1.82) is 0 Å². The lowest BCUT2D eigenvalue weighted by molar-refractivity contribution is 0.184. The van der Waals surface area contributed by atoms with Crippen molar-refractivity contribution in [1.82, 2.24) is 10.2 Å². The molecule has 2 aliphatic rings. The summed E-state index contributed by atoms with van der Waals surface area (Å²) in [5.74, 6) is 0.834. The molecule has 2 rings (SSSR count). The number of fused-ring (bicyclic) bond motifs is 1. The second-order valence-electron chi connectivity index (χ2n) is 3.45. The van der Waals surface area contributed by atoms with E-state index in [4.69, 9.17) is 0 Å². The third-order valence-corrected chi connectivity index (χ3v) is 2.73. The molecular weight excluding hydrogens is 140 g/mol. The van der Waals surface area contributed by atoms with Gasteiger partial charge in [-0.25, -0.2) is 4.79 Å². The largest absolute Gasteiger partial charge is 0.341 e. The van der Waals surface area contributed by atoms with Gasteiger partial charge in [0.15, 0.2) is 0 Å². The highest BCUT2D eigenvalue weighted by atomic mass is 16.2. The van der Waals surface area contributed by atoms with Crippen LogP contribution in [0.2, 0.25) is 0 Å². The van der Waals surface area contributed by atoms with E-state index in [0.717, 1.165) is 12.5 Å². The van der Waals surface area contributed by atoms with Gasteiger partial charge < -0.3 is 10.2 Å². The molecule has 1 N–H and O–H groups in total. The fraction of sp³-hybridized carbons (Fsp3) is 0.875. The van der Waals surface area contributed by atoms with Crippen molar-refractivity contribution in [2.75, 3.05) is 13.6 Å². The van der Waals surface area contributed by atoms with Crippen molar-refractivity contribution >= 4 is 6.03 Å². The molecule has 1 saturated carbocycles. The molecule has 0 spiro atoms. The van der Waals surface area contributed by atoms with Crippen LogP contribution in [0.4, 0.5) is 4.79 Å². The minimum Gasteiger partial charge on any atom is -0.341 e. The van der Waals surface area contributed by atoms with E-state index in [1.54, 1.807) is 7.05 Å². The lowest BCUT2D eigenvalue weighted by atomic mass is 10.1. The number of likely N-dealkylation sites (tertiary alicyclic amines) is 1. The summed E-state index contributed by atoms with van der Waals surface area (Å²) in [6.45, 7) is 0.959. The summed E-state index contributed by atoms with van der Waals surface area (Å²) in [5.41, 5.74) is 0. The Kier molecular flexibility index (Phi) is 1.51. The number of amides is 2. The second-order valence-corrected chi connectivity index (χ2v) is 3.45. The molecule has 0 radical (unpaired) electrons. The Morgan fingerprint density at radius 2 is 2.45 bits per heavy atom. The van der Waals surface area contributed by atoms with Crippen molar-refractivity contribution in [3.05, 3.63) is 0 Å². The van der Waals surface area contributed by atoms with Gasteiger partial charge in [-0.3, -0.25) is 0 Å². The van der Waals surface area contributed by atoms with Crippen LogP contribution in [0.1, 0.15) is 19.3 Å². The lowest BCUT2D eigenvalue weighted by Crippen LogP contribution is -2.42. The number of carbonyl (C=O) groups is 1. The molecule has 1 aliphatic heterocycles. The molecule has 2 unspecified atom stereocenters. The van der Waals surface area contributed by atoms with Crippen LogP contribution in [-0.2, 0) is 0 Å². The van der Waals surface area contributed by atoms with Crippen molar-refractivity contribution in [3.8, 4) is 0 Å². The number of piperidine rings is 1. The quantitative estimate of drug-likeness (QED) is 0.550. The predicted octanol–water partition coefficient (Wildman–Crippen LogP) is 0.810. The highest BCUT2D eigenvalue weighted by molar-refractivity contribution is 5.74. The maximum Gasteiger partial charge on any atom is 0.317 e. The fourth-order valence-electron chi connectivity index (χ4n) is 2.01. The van der Waals surface area contributed by atoms with Gasteiger partial charge in [0.05, 0.1) is 0 Å². The molecule has 2 fully saturated rings. The minimum absolute atomic E-state index is 0.109. The van der Waals surface area contributed by atoms with Crippen LogP contribution in [0.5, 0.6) is 0 Å². The van der Waals surface area contributed by atoms with Crippen LogP contribution in [0.15, 0.2) is 0 Å². The molecule has 62 valence electrons. The molecule has 0 aromatic rings. The molecule has 2 atom stereocenters. The first-order valence-electron chi connectivity index (χ1n) is 4.31. The van der Waals surface area contributed by atoms with Crippen LogP contribution in [-0.4, -0.2) is 30.6 Å². The van der Waals surface area contributed by atoms with Crippen molar-refractivity contribution in [2.24, 2.45) is 5.92 Å². The Morgan fingerprint density at radius 1 is 1.64 bits per heavy atom. The van der Waals surface area contributed by atoms with E-state index in [1.165, 1.54) is 19.3 Å². The van der Waals surface area contributed by atoms with Crippen LogP contribution in [0.3, 0.4) is 0 Å². The minimum atomic E-state index is 0.109. The zero-order valence-corrected chi connectivity index (χ0v) is 6.84. The van der Waals surface area contributed by atoms with Crippen LogP contribution in [0.25, 0.3) is 0 Å². The fourth-order valence-corrected chi connectivity index (χ4v) is 2.01. The van der Waals surface area contributed by atoms with Gasteiger partial charge in [-0.1, -0.05) is 0 Å². The molecule has 2 amide bonds. The van der Waals surface area contributed by atoms with Gasteiger partial charge in [-0.05, 0) is 25.2 Å². The number of carbonyl (C=O) groups excluding carboxylic acids is 1. The van der Waals surface area contributed by atoms with Gasteiger partial charge >= 0.3 is 6.03 Å². The van der Waals surface area contributed by atoms with Crippen molar-refractivity contribution in [2.45, 2.75) is 25.3 Å². The first-order valence-corrected chi connectivity index (χ1v) is 4.31. The van der Waals surface area contributed by atoms with Gasteiger partial charge in [0, 0.05) is 19.6 Å². The molecule has 0 aromatic carbocycles. The van der Waals surface area contributed by atoms with Gasteiger partial charge in [-0.15, -0.1) is 0 Å². The summed E-state index contributed by atoms with van der Waals surface area (Å²) < 4.78 is 0. The Balaban J connectivity index is 1.97. The monoisotopic (exact) mass is 154 g/mol. The van der Waals surface area contributed by atoms with Gasteiger partial charge in [0.2, 0.25) is 0 Å². The Labute approximate surface area is 66.8 Å². The van der Waals surface area contributed by atoms with Crippen molar-refractivity contribution in [3.63, 3.8) is 0 Å². The maximum atomic E-state index is 11.2. The standard InChI is InChI=1S/C8H14N2O/c1-9-8(11)10-4-2-3-6-5-7(6)10/h6-7H,2-5H2,1H3,(H,9,11). The SMILES string of the molecule is CNC(=O)N1CCCC2CC21. The number of nitrogens with one attached hydrogen (secondary N) is 1. The molecule has 1 heterocycles. The predicted molar refractivity (Wildman–Crippen MR) is 42.3 cm³/mol. The molecule has 3 nitrogen and oxygen atoms in total. The van der Waals surface area contributed by atoms with E-state index in [1.807, 2.05) is 4.90 Å². The van der Waals surface area contributed by atoms with Crippen LogP contribution >= 0.6 is 0 Å². The zero-order chi connectivity index (χ0) is 7.84. The zero-order valence-electron chi connectivity index (χ0n) is 6.84. The van der Waals surface area contributed by atoms with E-state index in [2.05, 4.69) is 5.32 Å². The first-order chi connectivity index (χ1) is 5.33. The smallest absolute Gasteiger partial charge is 0.317 e. The molecular formula is C8H14N2O. The normalized spacial score (nSPS) is 34.5. The van der Waals surface area contributed by atoms with Crippen LogP contribution < -0.4 is 5.32 Å². The number of rotatable bonds is 0.